The van der Waals surface area contributed by atoms with Crippen molar-refractivity contribution in [3.63, 3.8) is 0 Å². The first kappa shape index (κ1) is 22.9. The molecule has 1 aliphatic heterocycles. The zero-order valence-corrected chi connectivity index (χ0v) is 18.2. The summed E-state index contributed by atoms with van der Waals surface area (Å²) in [6, 6.07) is 4.61. The second-order valence-electron chi connectivity index (χ2n) is 7.22. The molecular formula is C22H24N4O6. The Bertz CT molecular complexity index is 1120. The van der Waals surface area contributed by atoms with Gasteiger partial charge in [0.25, 0.3) is 5.91 Å². The fraction of sp³-hybridized carbons (Fsp3) is 0.318. The Balaban J connectivity index is 2.23. The molecular weight excluding hydrogens is 416 g/mol. The molecule has 2 aromatic rings. The highest BCUT2D eigenvalue weighted by Gasteiger charge is 2.48. The summed E-state index contributed by atoms with van der Waals surface area (Å²) in [4.78, 5) is 54.8. The number of carbonyl (C=O) groups excluding carboxylic acids is 3. The molecule has 0 spiro atoms. The van der Waals surface area contributed by atoms with Gasteiger partial charge in [-0.25, -0.2) is 0 Å². The molecule has 0 fully saturated rings. The van der Waals surface area contributed by atoms with Crippen LogP contribution >= 0.6 is 0 Å². The molecule has 1 amide bonds. The van der Waals surface area contributed by atoms with Gasteiger partial charge >= 0.3 is 11.9 Å². The van der Waals surface area contributed by atoms with E-state index in [1.54, 1.807) is 13.1 Å². The number of nitrogens with one attached hydrogen (secondary N) is 1. The third-order valence-electron chi connectivity index (χ3n) is 5.31. The third-order valence-corrected chi connectivity index (χ3v) is 5.31. The van der Waals surface area contributed by atoms with Crippen molar-refractivity contribution < 1.29 is 29.0 Å². The van der Waals surface area contributed by atoms with E-state index < -0.39 is 35.7 Å². The summed E-state index contributed by atoms with van der Waals surface area (Å²) in [5.41, 5.74) is 0.0222. The fourth-order valence-corrected chi connectivity index (χ4v) is 3.85. The number of ketones is 1. The molecule has 0 aliphatic carbocycles. The standard InChI is InChI=1S/C22H24N4O6/c1-5-25-20(28)18(24-16-11-23-10-14-8-6-7-9-15(14)16)17(13(3)27)19(21(29)30)26(25)12(2)22(31)32-4/h6-12,19,24H,5H2,1-4H3,(H,29,30). The van der Waals surface area contributed by atoms with Crippen molar-refractivity contribution in [2.45, 2.75) is 32.9 Å². The van der Waals surface area contributed by atoms with E-state index in [9.17, 15) is 24.3 Å². The fourth-order valence-electron chi connectivity index (χ4n) is 3.85. The van der Waals surface area contributed by atoms with E-state index in [0.29, 0.717) is 5.69 Å². The average Bonchev–Trinajstić information content (AvgIpc) is 2.78. The molecule has 1 aliphatic rings. The number of esters is 1. The number of aliphatic carboxylic acids is 1. The zero-order chi connectivity index (χ0) is 23.6. The summed E-state index contributed by atoms with van der Waals surface area (Å²) in [6.45, 7) is 4.31. The average molecular weight is 440 g/mol. The minimum atomic E-state index is -1.58. The van der Waals surface area contributed by atoms with Gasteiger partial charge < -0.3 is 15.2 Å². The molecule has 0 bridgehead atoms. The monoisotopic (exact) mass is 440 g/mol. The van der Waals surface area contributed by atoms with E-state index in [1.165, 1.54) is 27.2 Å². The molecule has 2 N–H and O–H groups in total. The first-order valence-electron chi connectivity index (χ1n) is 9.98. The molecule has 10 nitrogen and oxygen atoms in total. The van der Waals surface area contributed by atoms with Crippen LogP contribution in [0.5, 0.6) is 0 Å². The third kappa shape index (κ3) is 3.92. The Morgan fingerprint density at radius 3 is 2.53 bits per heavy atom. The lowest BCUT2D eigenvalue weighted by atomic mass is 9.95. The number of carboxylic acid groups (broad SMARTS) is 1. The van der Waals surface area contributed by atoms with Gasteiger partial charge in [0.15, 0.2) is 11.8 Å². The number of Topliss-reactive ketones (excluding diaryl/α,β-unsaturated/α-hetero) is 1. The molecule has 0 saturated carbocycles. The molecule has 0 radical (unpaired) electrons. The number of hydrogen-bond donors (Lipinski definition) is 2. The minimum Gasteiger partial charge on any atom is -0.480 e. The maximum atomic E-state index is 13.5. The summed E-state index contributed by atoms with van der Waals surface area (Å²) in [7, 11) is 1.17. The summed E-state index contributed by atoms with van der Waals surface area (Å²) in [5.74, 6) is -3.37. The molecule has 32 heavy (non-hydrogen) atoms. The first-order chi connectivity index (χ1) is 15.2. The quantitative estimate of drug-likeness (QED) is 0.617. The molecule has 1 aromatic heterocycles. The number of hydrogen-bond acceptors (Lipinski definition) is 8. The van der Waals surface area contributed by atoms with Gasteiger partial charge in [-0.15, -0.1) is 0 Å². The number of rotatable bonds is 7. The highest BCUT2D eigenvalue weighted by atomic mass is 16.5. The second-order valence-corrected chi connectivity index (χ2v) is 7.22. The number of fused-ring (bicyclic) bond motifs is 1. The van der Waals surface area contributed by atoms with Crippen LogP contribution in [-0.2, 0) is 23.9 Å². The number of anilines is 1. The highest BCUT2D eigenvalue weighted by molar-refractivity contribution is 6.12. The number of amides is 1. The summed E-state index contributed by atoms with van der Waals surface area (Å²) in [6.07, 6.45) is 3.15. The Morgan fingerprint density at radius 1 is 1.25 bits per heavy atom. The number of ether oxygens (including phenoxy) is 1. The van der Waals surface area contributed by atoms with Gasteiger partial charge in [0.05, 0.1) is 24.6 Å². The summed E-state index contributed by atoms with van der Waals surface area (Å²) >= 11 is 0. The van der Waals surface area contributed by atoms with Crippen molar-refractivity contribution >= 4 is 40.1 Å². The smallest absolute Gasteiger partial charge is 0.327 e. The van der Waals surface area contributed by atoms with E-state index in [4.69, 9.17) is 4.74 Å². The van der Waals surface area contributed by atoms with E-state index in [0.717, 1.165) is 20.8 Å². The van der Waals surface area contributed by atoms with Crippen molar-refractivity contribution in [2.24, 2.45) is 0 Å². The number of pyridine rings is 1. The number of nitrogens with zero attached hydrogens (tertiary/aromatic N) is 3. The van der Waals surface area contributed by atoms with Crippen molar-refractivity contribution in [2.75, 3.05) is 19.0 Å². The molecule has 1 aromatic carbocycles. The van der Waals surface area contributed by atoms with Gasteiger partial charge in [0.2, 0.25) is 0 Å². The minimum absolute atomic E-state index is 0.0636. The molecule has 2 heterocycles. The Labute approximate surface area is 184 Å². The molecule has 0 saturated heterocycles. The van der Waals surface area contributed by atoms with Crippen LogP contribution in [0.1, 0.15) is 20.8 Å². The van der Waals surface area contributed by atoms with E-state index in [1.807, 2.05) is 24.3 Å². The Kier molecular flexibility index (Phi) is 6.54. The predicted molar refractivity (Wildman–Crippen MR) is 115 cm³/mol. The predicted octanol–water partition coefficient (Wildman–Crippen LogP) is 1.58. The van der Waals surface area contributed by atoms with Crippen LogP contribution < -0.4 is 5.32 Å². The zero-order valence-electron chi connectivity index (χ0n) is 18.2. The first-order valence-corrected chi connectivity index (χ1v) is 9.98. The van der Waals surface area contributed by atoms with E-state index >= 15 is 0 Å². The highest BCUT2D eigenvalue weighted by Crippen LogP contribution is 2.31. The van der Waals surface area contributed by atoms with Crippen LogP contribution in [0.4, 0.5) is 5.69 Å². The van der Waals surface area contributed by atoms with E-state index in [-0.39, 0.29) is 17.8 Å². The van der Waals surface area contributed by atoms with Crippen LogP contribution in [0.2, 0.25) is 0 Å². The number of carbonyl (C=O) groups is 4. The SMILES string of the molecule is CCN1C(=O)C(Nc2cncc3ccccc23)=C(C(C)=O)C(C(=O)O)N1C(C)C(=O)OC. The van der Waals surface area contributed by atoms with Gasteiger partial charge in [-0.1, -0.05) is 24.3 Å². The lowest BCUT2D eigenvalue weighted by Gasteiger charge is -2.45. The van der Waals surface area contributed by atoms with Gasteiger partial charge in [-0.05, 0) is 20.8 Å². The van der Waals surface area contributed by atoms with Gasteiger partial charge in [0, 0.05) is 23.5 Å². The maximum absolute atomic E-state index is 13.5. The number of carboxylic acids is 1. The molecule has 3 rings (SSSR count). The lowest BCUT2D eigenvalue weighted by molar-refractivity contribution is -0.176. The lowest BCUT2D eigenvalue weighted by Crippen LogP contribution is -2.64. The Morgan fingerprint density at radius 2 is 1.94 bits per heavy atom. The topological polar surface area (TPSA) is 129 Å². The molecule has 10 heteroatoms. The van der Waals surface area contributed by atoms with Gasteiger partial charge in [0.1, 0.15) is 11.7 Å². The van der Waals surface area contributed by atoms with Crippen LogP contribution in [-0.4, -0.2) is 69.5 Å². The number of benzene rings is 1. The Hall–Kier alpha value is -3.79. The van der Waals surface area contributed by atoms with Crippen molar-refractivity contribution in [3.05, 3.63) is 47.9 Å². The normalized spacial score (nSPS) is 17.9. The molecule has 2 unspecified atom stereocenters. The molecule has 2 atom stereocenters. The molecule has 168 valence electrons. The van der Waals surface area contributed by atoms with Gasteiger partial charge in [-0.2, -0.15) is 5.01 Å². The summed E-state index contributed by atoms with van der Waals surface area (Å²) in [5, 5.41) is 16.7. The van der Waals surface area contributed by atoms with Crippen molar-refractivity contribution in [1.29, 1.82) is 0 Å². The number of hydrazine groups is 1. The van der Waals surface area contributed by atoms with Crippen LogP contribution in [0.3, 0.4) is 0 Å². The maximum Gasteiger partial charge on any atom is 0.327 e. The largest absolute Gasteiger partial charge is 0.480 e. The second kappa shape index (κ2) is 9.15. The van der Waals surface area contributed by atoms with Crippen LogP contribution in [0.25, 0.3) is 10.8 Å². The van der Waals surface area contributed by atoms with E-state index in [2.05, 4.69) is 10.3 Å². The number of likely N-dealkylation sites (N-methyl/N-ethyl adjacent to an activating group) is 1. The van der Waals surface area contributed by atoms with Crippen LogP contribution in [0, 0.1) is 0 Å². The summed E-state index contributed by atoms with van der Waals surface area (Å²) < 4.78 is 4.75. The number of methoxy groups -OCH3 is 1. The van der Waals surface area contributed by atoms with Crippen molar-refractivity contribution in [3.8, 4) is 0 Å². The number of aromatic nitrogens is 1. The van der Waals surface area contributed by atoms with Crippen molar-refractivity contribution in [1.82, 2.24) is 15.0 Å². The van der Waals surface area contributed by atoms with Crippen LogP contribution in [0.15, 0.2) is 47.9 Å². The van der Waals surface area contributed by atoms with Gasteiger partial charge in [-0.3, -0.25) is 29.2 Å².